The molecule has 0 aliphatic heterocycles. The normalized spacial score (nSPS) is 11.9. The maximum absolute atomic E-state index is 13.8. The van der Waals surface area contributed by atoms with Crippen LogP contribution in [-0.4, -0.2) is 36.3 Å². The Morgan fingerprint density at radius 3 is 2.12 bits per heavy atom. The van der Waals surface area contributed by atoms with Gasteiger partial charge in [-0.3, -0.25) is 4.79 Å². The quantitative estimate of drug-likeness (QED) is 0.494. The molecule has 0 saturated carbocycles. The Kier molecular flexibility index (Phi) is 7.76. The molecule has 0 bridgehead atoms. The Hall–Kier alpha value is -2.41. The van der Waals surface area contributed by atoms with Gasteiger partial charge in [-0.2, -0.15) is 5.10 Å². The highest BCUT2D eigenvalue weighted by molar-refractivity contribution is 7.90. The van der Waals surface area contributed by atoms with Crippen LogP contribution in [-0.2, 0) is 16.4 Å². The van der Waals surface area contributed by atoms with Crippen LogP contribution in [0.4, 0.5) is 0 Å². The number of carbonyl (C=O) groups excluding carboxylic acids is 1. The number of ketones is 1. The number of allylic oxidation sites excluding steroid dienone is 2. The van der Waals surface area contributed by atoms with Crippen molar-refractivity contribution in [1.82, 2.24) is 9.78 Å². The Balaban J connectivity index is 2.81. The van der Waals surface area contributed by atoms with E-state index < -0.39 is 9.84 Å². The van der Waals surface area contributed by atoms with E-state index in [1.54, 1.807) is 24.6 Å². The fourth-order valence-corrected chi connectivity index (χ4v) is 4.72. The third kappa shape index (κ3) is 5.31. The number of rotatable bonds is 8. The number of ether oxygens (including phenoxy) is 1. The second kappa shape index (κ2) is 9.61. The summed E-state index contributed by atoms with van der Waals surface area (Å²) in [6.45, 7) is 18.0. The molecule has 7 heteroatoms. The number of nitrogens with zero attached hydrogens (tertiary/aromatic N) is 2. The van der Waals surface area contributed by atoms with Crippen LogP contribution in [0.5, 0.6) is 5.88 Å². The maximum Gasteiger partial charge on any atom is 0.223 e. The molecule has 2 aromatic rings. The summed E-state index contributed by atoms with van der Waals surface area (Å²) in [5.74, 6) is 0.575. The highest BCUT2D eigenvalue weighted by Gasteiger charge is 2.28. The van der Waals surface area contributed by atoms with Crippen LogP contribution < -0.4 is 4.74 Å². The zero-order valence-corrected chi connectivity index (χ0v) is 21.8. The van der Waals surface area contributed by atoms with Crippen molar-refractivity contribution < 1.29 is 17.9 Å². The number of aromatic nitrogens is 2. The Morgan fingerprint density at radius 1 is 1.06 bits per heavy atom. The fourth-order valence-electron chi connectivity index (χ4n) is 3.73. The van der Waals surface area contributed by atoms with Crippen molar-refractivity contribution in [1.29, 1.82) is 0 Å². The first kappa shape index (κ1) is 25.8. The summed E-state index contributed by atoms with van der Waals surface area (Å²) in [5, 5.41) is 4.59. The van der Waals surface area contributed by atoms with Crippen LogP contribution in [0.15, 0.2) is 22.6 Å². The SMILES string of the molecule is CC(C)=C(C)c1c(S(C)(=O)=O)ccc(C(=O)c2c(C)nn(CC(C)C)c2OC(C)C)c1C. The molecule has 0 unspecified atom stereocenters. The summed E-state index contributed by atoms with van der Waals surface area (Å²) in [6, 6.07) is 3.14. The average Bonchev–Trinajstić information content (AvgIpc) is 2.92. The van der Waals surface area contributed by atoms with Gasteiger partial charge in [-0.25, -0.2) is 13.1 Å². The first-order valence-electron chi connectivity index (χ1n) is 10.9. The predicted molar refractivity (Wildman–Crippen MR) is 129 cm³/mol. The first-order chi connectivity index (χ1) is 14.7. The maximum atomic E-state index is 13.8. The highest BCUT2D eigenvalue weighted by Crippen LogP contribution is 2.34. The second-order valence-electron chi connectivity index (χ2n) is 9.35. The minimum Gasteiger partial charge on any atom is -0.475 e. The van der Waals surface area contributed by atoms with Gasteiger partial charge in [0.05, 0.1) is 16.7 Å². The Labute approximate surface area is 192 Å². The molecular weight excluding hydrogens is 424 g/mol. The lowest BCUT2D eigenvalue weighted by atomic mass is 9.91. The fraction of sp³-hybridized carbons (Fsp3) is 0.520. The van der Waals surface area contributed by atoms with Gasteiger partial charge in [-0.1, -0.05) is 19.4 Å². The Morgan fingerprint density at radius 2 is 1.66 bits per heavy atom. The van der Waals surface area contributed by atoms with Gasteiger partial charge in [0.1, 0.15) is 5.56 Å². The molecule has 0 saturated heterocycles. The van der Waals surface area contributed by atoms with E-state index in [9.17, 15) is 13.2 Å². The zero-order chi connectivity index (χ0) is 24.5. The lowest BCUT2D eigenvalue weighted by Crippen LogP contribution is -2.16. The topological polar surface area (TPSA) is 78.3 Å². The summed E-state index contributed by atoms with van der Waals surface area (Å²) >= 11 is 0. The van der Waals surface area contributed by atoms with Gasteiger partial charge < -0.3 is 4.74 Å². The van der Waals surface area contributed by atoms with Crippen molar-refractivity contribution in [2.75, 3.05) is 6.26 Å². The lowest BCUT2D eigenvalue weighted by Gasteiger charge is -2.18. The van der Waals surface area contributed by atoms with Crippen molar-refractivity contribution in [2.24, 2.45) is 5.92 Å². The summed E-state index contributed by atoms with van der Waals surface area (Å²) < 4.78 is 32.8. The molecule has 0 aliphatic rings. The van der Waals surface area contributed by atoms with Crippen molar-refractivity contribution >= 4 is 21.2 Å². The van der Waals surface area contributed by atoms with Gasteiger partial charge in [0, 0.05) is 18.4 Å². The molecule has 2 rings (SSSR count). The van der Waals surface area contributed by atoms with Gasteiger partial charge in [0.15, 0.2) is 9.84 Å². The van der Waals surface area contributed by atoms with E-state index in [2.05, 4.69) is 18.9 Å². The van der Waals surface area contributed by atoms with Crippen molar-refractivity contribution in [3.8, 4) is 5.88 Å². The molecule has 1 aromatic heterocycles. The zero-order valence-electron chi connectivity index (χ0n) is 21.0. The first-order valence-corrected chi connectivity index (χ1v) is 12.8. The van der Waals surface area contributed by atoms with E-state index in [-0.39, 0.29) is 16.8 Å². The van der Waals surface area contributed by atoms with Gasteiger partial charge in [-0.05, 0) is 83.2 Å². The van der Waals surface area contributed by atoms with Gasteiger partial charge >= 0.3 is 0 Å². The van der Waals surface area contributed by atoms with Gasteiger partial charge in [0.2, 0.25) is 11.7 Å². The highest BCUT2D eigenvalue weighted by atomic mass is 32.2. The van der Waals surface area contributed by atoms with E-state index in [0.717, 1.165) is 11.1 Å². The molecule has 32 heavy (non-hydrogen) atoms. The van der Waals surface area contributed by atoms with Crippen LogP contribution >= 0.6 is 0 Å². The Bertz CT molecular complexity index is 1170. The van der Waals surface area contributed by atoms with E-state index in [1.165, 1.54) is 12.3 Å². The van der Waals surface area contributed by atoms with Crippen LogP contribution in [0, 0.1) is 19.8 Å². The van der Waals surface area contributed by atoms with E-state index in [1.807, 2.05) is 34.6 Å². The van der Waals surface area contributed by atoms with Crippen molar-refractivity contribution in [2.45, 2.75) is 79.9 Å². The van der Waals surface area contributed by atoms with Crippen LogP contribution in [0.2, 0.25) is 0 Å². The third-order valence-electron chi connectivity index (χ3n) is 5.39. The minimum absolute atomic E-state index is 0.124. The monoisotopic (exact) mass is 460 g/mol. The average molecular weight is 461 g/mol. The van der Waals surface area contributed by atoms with Crippen LogP contribution in [0.1, 0.15) is 81.2 Å². The summed E-state index contributed by atoms with van der Waals surface area (Å²) in [4.78, 5) is 14.0. The smallest absolute Gasteiger partial charge is 0.223 e. The number of sulfone groups is 1. The van der Waals surface area contributed by atoms with Gasteiger partial charge in [-0.15, -0.1) is 0 Å². The second-order valence-corrected chi connectivity index (χ2v) is 11.3. The van der Waals surface area contributed by atoms with Gasteiger partial charge in [0.25, 0.3) is 0 Å². The molecule has 0 fully saturated rings. The number of hydrogen-bond donors (Lipinski definition) is 0. The summed E-state index contributed by atoms with van der Waals surface area (Å²) in [7, 11) is -3.47. The van der Waals surface area contributed by atoms with Crippen molar-refractivity contribution in [3.05, 3.63) is 45.7 Å². The molecule has 1 heterocycles. The summed E-state index contributed by atoms with van der Waals surface area (Å²) in [6.07, 6.45) is 1.07. The molecule has 0 aliphatic carbocycles. The molecule has 0 spiro atoms. The number of benzene rings is 1. The molecule has 176 valence electrons. The standard InChI is InChI=1S/C25H36N2O4S/c1-14(2)13-27-25(31-16(5)6)23(19(9)26-27)24(28)20-11-12-21(32(10,29)30)22(18(20)8)17(7)15(3)4/h11-12,14,16H,13H2,1-10H3. The molecular formula is C25H36N2O4S. The molecule has 1 aromatic carbocycles. The predicted octanol–water partition coefficient (Wildman–Crippen LogP) is 5.39. The molecule has 0 N–H and O–H groups in total. The largest absolute Gasteiger partial charge is 0.475 e. The molecule has 0 radical (unpaired) electrons. The number of hydrogen-bond acceptors (Lipinski definition) is 5. The minimum atomic E-state index is -3.47. The number of carbonyl (C=O) groups is 1. The van der Waals surface area contributed by atoms with Crippen LogP contribution in [0.25, 0.3) is 5.57 Å². The third-order valence-corrected chi connectivity index (χ3v) is 6.53. The number of aryl methyl sites for hydroxylation is 1. The van der Waals surface area contributed by atoms with Crippen molar-refractivity contribution in [3.63, 3.8) is 0 Å². The van der Waals surface area contributed by atoms with Crippen LogP contribution in [0.3, 0.4) is 0 Å². The van der Waals surface area contributed by atoms with E-state index in [0.29, 0.717) is 46.3 Å². The molecule has 0 amide bonds. The van der Waals surface area contributed by atoms with E-state index in [4.69, 9.17) is 4.74 Å². The lowest BCUT2D eigenvalue weighted by molar-refractivity contribution is 0.103. The summed E-state index contributed by atoms with van der Waals surface area (Å²) in [5.41, 5.74) is 4.55. The van der Waals surface area contributed by atoms with E-state index >= 15 is 0 Å². The molecule has 6 nitrogen and oxygen atoms in total. The molecule has 0 atom stereocenters.